The molecule has 1 aliphatic heterocycles. The molecule has 1 aromatic rings. The Morgan fingerprint density at radius 2 is 2.30 bits per heavy atom. The molecule has 0 bridgehead atoms. The summed E-state index contributed by atoms with van der Waals surface area (Å²) in [6.07, 6.45) is 6.48. The Morgan fingerprint density at radius 1 is 1.48 bits per heavy atom. The van der Waals surface area contributed by atoms with E-state index in [0.29, 0.717) is 25.3 Å². The number of ether oxygens (including phenoxy) is 1. The summed E-state index contributed by atoms with van der Waals surface area (Å²) in [6, 6.07) is 4.71. The predicted molar refractivity (Wildman–Crippen MR) is 87.8 cm³/mol. The number of nitrogens with two attached hydrogens (primary N) is 1. The molecule has 0 aliphatic carbocycles. The van der Waals surface area contributed by atoms with Crippen molar-refractivity contribution in [2.45, 2.75) is 50.2 Å². The second-order valence-electron chi connectivity index (χ2n) is 6.13. The lowest BCUT2D eigenvalue weighted by molar-refractivity contribution is -0.0634. The molecule has 1 aromatic heterocycles. The summed E-state index contributed by atoms with van der Waals surface area (Å²) in [7, 11) is 1.67. The molecule has 128 valence electrons. The van der Waals surface area contributed by atoms with Crippen LogP contribution in [0.25, 0.3) is 0 Å². The first kappa shape index (κ1) is 17.7. The number of likely N-dealkylation sites (tertiary alicyclic amines) is 1. The smallest absolute Gasteiger partial charge is 0.315 e. The van der Waals surface area contributed by atoms with Gasteiger partial charge in [-0.05, 0) is 50.7 Å². The molecule has 0 aromatic carbocycles. The molecule has 2 heterocycles. The monoisotopic (exact) mass is 321 g/mol. The first-order valence-electron chi connectivity index (χ1n) is 8.28. The van der Waals surface area contributed by atoms with Crippen molar-refractivity contribution in [2.24, 2.45) is 5.73 Å². The standard InChI is InChI=1S/C17H27N3O3/c1-23-13-7-4-10-17(22,14-8-2-5-11-19-14)15-9-3-6-12-20(15)16(18)21/h2,5,8,11,15,22H,3-4,6-7,9-10,12-13H2,1H3,(H2,18,21)/t15?,17-/m1/s1. The van der Waals surface area contributed by atoms with Gasteiger partial charge in [-0.25, -0.2) is 4.79 Å². The third kappa shape index (κ3) is 4.20. The van der Waals surface area contributed by atoms with Crippen LogP contribution in [-0.2, 0) is 10.3 Å². The van der Waals surface area contributed by atoms with Gasteiger partial charge in [0.2, 0.25) is 0 Å². The van der Waals surface area contributed by atoms with Gasteiger partial charge in [-0.15, -0.1) is 0 Å². The van der Waals surface area contributed by atoms with E-state index in [-0.39, 0.29) is 6.04 Å². The molecule has 0 spiro atoms. The summed E-state index contributed by atoms with van der Waals surface area (Å²) in [5, 5.41) is 11.5. The summed E-state index contributed by atoms with van der Waals surface area (Å²) in [5.41, 5.74) is 4.98. The van der Waals surface area contributed by atoms with Gasteiger partial charge < -0.3 is 20.5 Å². The van der Waals surface area contributed by atoms with E-state index in [1.165, 1.54) is 0 Å². The second-order valence-corrected chi connectivity index (χ2v) is 6.13. The fraction of sp³-hybridized carbons (Fsp3) is 0.647. The molecule has 3 N–H and O–H groups in total. The number of piperidine rings is 1. The number of aromatic nitrogens is 1. The van der Waals surface area contributed by atoms with Crippen molar-refractivity contribution in [3.63, 3.8) is 0 Å². The Bertz CT molecular complexity index is 497. The molecular weight excluding hydrogens is 294 g/mol. The van der Waals surface area contributed by atoms with Crippen LogP contribution in [0, 0.1) is 0 Å². The molecule has 1 unspecified atom stereocenters. The maximum Gasteiger partial charge on any atom is 0.315 e. The normalized spacial score (nSPS) is 21.0. The van der Waals surface area contributed by atoms with Crippen LogP contribution in [0.3, 0.4) is 0 Å². The number of urea groups is 1. The molecule has 0 radical (unpaired) electrons. The molecule has 2 amide bonds. The van der Waals surface area contributed by atoms with Gasteiger partial charge in [-0.1, -0.05) is 6.07 Å². The number of amides is 2. The minimum atomic E-state index is -1.18. The van der Waals surface area contributed by atoms with Crippen molar-refractivity contribution < 1.29 is 14.6 Å². The number of aliphatic hydroxyl groups is 1. The van der Waals surface area contributed by atoms with E-state index in [1.54, 1.807) is 18.2 Å². The number of rotatable bonds is 7. The molecule has 23 heavy (non-hydrogen) atoms. The van der Waals surface area contributed by atoms with Crippen LogP contribution in [0.1, 0.15) is 44.2 Å². The van der Waals surface area contributed by atoms with Crippen molar-refractivity contribution in [3.8, 4) is 0 Å². The Morgan fingerprint density at radius 3 is 2.96 bits per heavy atom. The number of hydrogen-bond acceptors (Lipinski definition) is 4. The SMILES string of the molecule is COCCCC[C@@](O)(c1ccccn1)C1CCCCN1C(N)=O. The van der Waals surface area contributed by atoms with Gasteiger partial charge in [0.15, 0.2) is 0 Å². The molecule has 2 rings (SSSR count). The topological polar surface area (TPSA) is 88.7 Å². The number of carbonyl (C=O) groups excluding carboxylic acids is 1. The number of unbranched alkanes of at least 4 members (excludes halogenated alkanes) is 1. The zero-order chi connectivity index (χ0) is 16.7. The number of primary amides is 1. The van der Waals surface area contributed by atoms with Crippen LogP contribution in [0.5, 0.6) is 0 Å². The third-order valence-electron chi connectivity index (χ3n) is 4.60. The van der Waals surface area contributed by atoms with Crippen molar-refractivity contribution >= 4 is 6.03 Å². The number of hydrogen-bond donors (Lipinski definition) is 2. The first-order chi connectivity index (χ1) is 11.1. The van der Waals surface area contributed by atoms with Crippen molar-refractivity contribution in [2.75, 3.05) is 20.3 Å². The minimum absolute atomic E-state index is 0.328. The molecular formula is C17H27N3O3. The number of nitrogens with zero attached hydrogens (tertiary/aromatic N) is 2. The van der Waals surface area contributed by atoms with Gasteiger partial charge in [-0.3, -0.25) is 4.98 Å². The van der Waals surface area contributed by atoms with E-state index in [0.717, 1.165) is 32.1 Å². The van der Waals surface area contributed by atoms with E-state index in [9.17, 15) is 9.90 Å². The van der Waals surface area contributed by atoms with Crippen molar-refractivity contribution in [3.05, 3.63) is 30.1 Å². The molecule has 0 saturated carbocycles. The number of carbonyl (C=O) groups is 1. The summed E-state index contributed by atoms with van der Waals surface area (Å²) in [4.78, 5) is 17.8. The molecule has 1 fully saturated rings. The van der Waals surface area contributed by atoms with Crippen LogP contribution in [-0.4, -0.2) is 47.3 Å². The van der Waals surface area contributed by atoms with Gasteiger partial charge in [0.25, 0.3) is 0 Å². The average molecular weight is 321 g/mol. The summed E-state index contributed by atoms with van der Waals surface area (Å²) < 4.78 is 5.09. The highest BCUT2D eigenvalue weighted by Gasteiger charge is 2.44. The zero-order valence-corrected chi connectivity index (χ0v) is 13.8. The van der Waals surface area contributed by atoms with E-state index >= 15 is 0 Å². The van der Waals surface area contributed by atoms with Gasteiger partial charge in [-0.2, -0.15) is 0 Å². The maximum absolute atomic E-state index is 11.8. The largest absolute Gasteiger partial charge is 0.385 e. The highest BCUT2D eigenvalue weighted by Crippen LogP contribution is 2.37. The first-order valence-corrected chi connectivity index (χ1v) is 8.28. The highest BCUT2D eigenvalue weighted by molar-refractivity contribution is 5.72. The molecule has 2 atom stereocenters. The molecule has 6 nitrogen and oxygen atoms in total. The second kappa shape index (κ2) is 8.26. The van der Waals surface area contributed by atoms with E-state index in [2.05, 4.69) is 4.98 Å². The quantitative estimate of drug-likeness (QED) is 0.752. The van der Waals surface area contributed by atoms with Crippen LogP contribution in [0.4, 0.5) is 4.79 Å². The van der Waals surface area contributed by atoms with Crippen LogP contribution in [0.15, 0.2) is 24.4 Å². The van der Waals surface area contributed by atoms with Gasteiger partial charge in [0.05, 0.1) is 11.7 Å². The molecule has 1 aliphatic rings. The Kier molecular flexibility index (Phi) is 6.36. The Labute approximate surface area is 137 Å². The fourth-order valence-corrected chi connectivity index (χ4v) is 3.42. The van der Waals surface area contributed by atoms with Crippen LogP contribution < -0.4 is 5.73 Å². The Hall–Kier alpha value is -1.66. The van der Waals surface area contributed by atoms with Crippen molar-refractivity contribution in [1.82, 2.24) is 9.88 Å². The lowest BCUT2D eigenvalue weighted by Gasteiger charge is -2.44. The lowest BCUT2D eigenvalue weighted by Crippen LogP contribution is -2.57. The number of pyridine rings is 1. The van der Waals surface area contributed by atoms with Crippen molar-refractivity contribution in [1.29, 1.82) is 0 Å². The minimum Gasteiger partial charge on any atom is -0.385 e. The molecule has 6 heteroatoms. The highest BCUT2D eigenvalue weighted by atomic mass is 16.5. The van der Waals surface area contributed by atoms with E-state index in [4.69, 9.17) is 10.5 Å². The number of methoxy groups -OCH3 is 1. The van der Waals surface area contributed by atoms with Gasteiger partial charge in [0, 0.05) is 26.5 Å². The summed E-state index contributed by atoms with van der Waals surface area (Å²) >= 11 is 0. The van der Waals surface area contributed by atoms with E-state index < -0.39 is 11.6 Å². The maximum atomic E-state index is 11.8. The summed E-state index contributed by atoms with van der Waals surface area (Å²) in [5.74, 6) is 0. The van der Waals surface area contributed by atoms with E-state index in [1.807, 2.05) is 18.2 Å². The van der Waals surface area contributed by atoms with Gasteiger partial charge >= 0.3 is 6.03 Å². The van der Waals surface area contributed by atoms with Crippen LogP contribution in [0.2, 0.25) is 0 Å². The van der Waals surface area contributed by atoms with Gasteiger partial charge in [0.1, 0.15) is 5.60 Å². The lowest BCUT2D eigenvalue weighted by atomic mass is 9.80. The predicted octanol–water partition coefficient (Wildman–Crippen LogP) is 2.02. The fourth-order valence-electron chi connectivity index (χ4n) is 3.42. The average Bonchev–Trinajstić information content (AvgIpc) is 2.59. The zero-order valence-electron chi connectivity index (χ0n) is 13.8. The third-order valence-corrected chi connectivity index (χ3v) is 4.60. The Balaban J connectivity index is 2.26. The van der Waals surface area contributed by atoms with Crippen LogP contribution >= 0.6 is 0 Å². The summed E-state index contributed by atoms with van der Waals surface area (Å²) in [6.45, 7) is 1.25. The molecule has 1 saturated heterocycles.